The molecule has 0 bridgehead atoms. The van der Waals surface area contributed by atoms with Crippen LogP contribution in [0, 0.1) is 0 Å². The third kappa shape index (κ3) is 5.57. The fourth-order valence-corrected chi connectivity index (χ4v) is 4.82. The van der Waals surface area contributed by atoms with Gasteiger partial charge in [-0.05, 0) is 24.3 Å². The lowest BCUT2D eigenvalue weighted by Crippen LogP contribution is -2.46. The zero-order valence-corrected chi connectivity index (χ0v) is 20.0. The van der Waals surface area contributed by atoms with Gasteiger partial charge >= 0.3 is 0 Å². The van der Waals surface area contributed by atoms with Gasteiger partial charge in [0, 0.05) is 56.3 Å². The van der Waals surface area contributed by atoms with E-state index in [1.165, 1.54) is 0 Å². The molecular weight excluding hydrogens is 442 g/mol. The minimum absolute atomic E-state index is 0.108. The number of carbonyl (C=O) groups excluding carboxylic acids is 1. The Morgan fingerprint density at radius 3 is 2.66 bits per heavy atom. The number of aromatic nitrogens is 1. The Bertz CT molecular complexity index is 1130. The summed E-state index contributed by atoms with van der Waals surface area (Å²) in [6, 6.07) is 19.8. The van der Waals surface area contributed by atoms with Crippen molar-refractivity contribution < 1.29 is 19.0 Å². The number of benzene rings is 2. The number of hydrogen-bond donors (Lipinski definition) is 0. The summed E-state index contributed by atoms with van der Waals surface area (Å²) in [7, 11) is 1.67. The number of likely N-dealkylation sites (tertiary alicyclic amines) is 1. The third-order valence-electron chi connectivity index (χ3n) is 6.64. The molecule has 0 N–H and O–H groups in total. The molecule has 1 aromatic heterocycles. The fourth-order valence-electron chi connectivity index (χ4n) is 4.82. The number of fused-ring (bicyclic) bond motifs is 1. The highest BCUT2D eigenvalue weighted by atomic mass is 16.5. The van der Waals surface area contributed by atoms with Crippen molar-refractivity contribution in [1.82, 2.24) is 14.8 Å². The van der Waals surface area contributed by atoms with Gasteiger partial charge in [0.1, 0.15) is 29.5 Å². The highest BCUT2D eigenvalue weighted by Crippen LogP contribution is 2.34. The lowest BCUT2D eigenvalue weighted by molar-refractivity contribution is -0.134. The lowest BCUT2D eigenvalue weighted by Gasteiger charge is -2.34. The second kappa shape index (κ2) is 10.8. The van der Waals surface area contributed by atoms with E-state index in [1.54, 1.807) is 19.5 Å². The van der Waals surface area contributed by atoms with Crippen LogP contribution in [0.2, 0.25) is 0 Å². The van der Waals surface area contributed by atoms with Crippen molar-refractivity contribution in [2.24, 2.45) is 0 Å². The van der Waals surface area contributed by atoms with Crippen LogP contribution in [0.3, 0.4) is 0 Å². The van der Waals surface area contributed by atoms with E-state index in [-0.39, 0.29) is 18.1 Å². The molecule has 7 nitrogen and oxygen atoms in total. The van der Waals surface area contributed by atoms with Gasteiger partial charge in [-0.15, -0.1) is 0 Å². The quantitative estimate of drug-likeness (QED) is 0.537. The smallest absolute Gasteiger partial charge is 0.236 e. The standard InChI is InChI=1S/C28H31N3O4/c1-33-26-11-5-3-9-24(26)27-19-30(18-21-7-2-4-10-25(21)35-27)20-28(32)31-15-12-22(13-16-31)34-23-8-6-14-29-17-23/h2-11,14,17,22,27H,12-13,15-16,18-20H2,1H3/t27-/m1/s1. The first kappa shape index (κ1) is 23.2. The van der Waals surface area contributed by atoms with Crippen LogP contribution in [-0.2, 0) is 11.3 Å². The summed E-state index contributed by atoms with van der Waals surface area (Å²) < 4.78 is 18.1. The number of carbonyl (C=O) groups is 1. The van der Waals surface area contributed by atoms with Crippen molar-refractivity contribution in [2.45, 2.75) is 31.6 Å². The average Bonchev–Trinajstić information content (AvgIpc) is 3.08. The second-order valence-corrected chi connectivity index (χ2v) is 9.01. The fraction of sp³-hybridized carbons (Fsp3) is 0.357. The number of methoxy groups -OCH3 is 1. The van der Waals surface area contributed by atoms with E-state index in [0.29, 0.717) is 32.7 Å². The largest absolute Gasteiger partial charge is 0.496 e. The number of ether oxygens (including phenoxy) is 3. The van der Waals surface area contributed by atoms with Crippen molar-refractivity contribution >= 4 is 5.91 Å². The molecule has 0 radical (unpaired) electrons. The minimum Gasteiger partial charge on any atom is -0.496 e. The van der Waals surface area contributed by atoms with Crippen molar-refractivity contribution in [1.29, 1.82) is 0 Å². The molecule has 2 aromatic carbocycles. The zero-order valence-electron chi connectivity index (χ0n) is 20.0. The molecule has 1 fully saturated rings. The summed E-state index contributed by atoms with van der Waals surface area (Å²) in [6.45, 7) is 2.99. The number of para-hydroxylation sites is 2. The van der Waals surface area contributed by atoms with Crippen LogP contribution in [0.25, 0.3) is 0 Å². The third-order valence-corrected chi connectivity index (χ3v) is 6.64. The van der Waals surface area contributed by atoms with Gasteiger partial charge in [0.05, 0.1) is 19.9 Å². The van der Waals surface area contributed by atoms with Crippen molar-refractivity contribution in [3.63, 3.8) is 0 Å². The monoisotopic (exact) mass is 473 g/mol. The van der Waals surface area contributed by atoms with Gasteiger partial charge in [0.2, 0.25) is 5.91 Å². The van der Waals surface area contributed by atoms with Crippen molar-refractivity contribution in [3.8, 4) is 17.2 Å². The summed E-state index contributed by atoms with van der Waals surface area (Å²) in [4.78, 5) is 21.5. The molecule has 3 aromatic rings. The minimum atomic E-state index is -0.235. The topological polar surface area (TPSA) is 64.1 Å². The highest BCUT2D eigenvalue weighted by Gasteiger charge is 2.30. The van der Waals surface area contributed by atoms with Gasteiger partial charge in [-0.3, -0.25) is 14.7 Å². The molecule has 2 aliphatic rings. The normalized spacial score (nSPS) is 18.8. The van der Waals surface area contributed by atoms with Crippen molar-refractivity contribution in [3.05, 3.63) is 84.2 Å². The van der Waals surface area contributed by atoms with Gasteiger partial charge in [-0.25, -0.2) is 0 Å². The molecule has 0 aliphatic carbocycles. The van der Waals surface area contributed by atoms with Crippen LogP contribution in [0.4, 0.5) is 0 Å². The van der Waals surface area contributed by atoms with Gasteiger partial charge in [0.15, 0.2) is 0 Å². The summed E-state index contributed by atoms with van der Waals surface area (Å²) in [5.41, 5.74) is 2.07. The Morgan fingerprint density at radius 1 is 1.06 bits per heavy atom. The molecule has 35 heavy (non-hydrogen) atoms. The highest BCUT2D eigenvalue weighted by molar-refractivity contribution is 5.78. The van der Waals surface area contributed by atoms with Crippen LogP contribution in [0.1, 0.15) is 30.1 Å². The maximum absolute atomic E-state index is 13.3. The summed E-state index contributed by atoms with van der Waals surface area (Å²) in [6.07, 6.45) is 4.97. The Kier molecular flexibility index (Phi) is 7.14. The van der Waals surface area contributed by atoms with E-state index in [9.17, 15) is 4.79 Å². The van der Waals surface area contributed by atoms with E-state index in [0.717, 1.165) is 41.2 Å². The molecule has 5 rings (SSSR count). The predicted octanol–water partition coefficient (Wildman–Crippen LogP) is 4.10. The molecular formula is C28H31N3O4. The van der Waals surface area contributed by atoms with Crippen molar-refractivity contribution in [2.75, 3.05) is 33.3 Å². The number of piperidine rings is 1. The number of hydrogen-bond acceptors (Lipinski definition) is 6. The number of nitrogens with zero attached hydrogens (tertiary/aromatic N) is 3. The van der Waals surface area contributed by atoms with Crippen LogP contribution in [-0.4, -0.2) is 60.1 Å². The maximum Gasteiger partial charge on any atom is 0.236 e. The molecule has 7 heteroatoms. The molecule has 182 valence electrons. The molecule has 1 saturated heterocycles. The van der Waals surface area contributed by atoms with Gasteiger partial charge < -0.3 is 19.1 Å². The predicted molar refractivity (Wildman–Crippen MR) is 133 cm³/mol. The number of rotatable bonds is 6. The summed E-state index contributed by atoms with van der Waals surface area (Å²) in [5, 5.41) is 0. The Morgan fingerprint density at radius 2 is 1.86 bits per heavy atom. The van der Waals surface area contributed by atoms with Crippen LogP contribution >= 0.6 is 0 Å². The van der Waals surface area contributed by atoms with E-state index >= 15 is 0 Å². The van der Waals surface area contributed by atoms with E-state index < -0.39 is 0 Å². The van der Waals surface area contributed by atoms with E-state index in [2.05, 4.69) is 16.0 Å². The first-order valence-electron chi connectivity index (χ1n) is 12.1. The van der Waals surface area contributed by atoms with Crippen LogP contribution in [0.5, 0.6) is 17.2 Å². The molecule has 0 saturated carbocycles. The number of amides is 1. The molecule has 3 heterocycles. The van der Waals surface area contributed by atoms with Crippen LogP contribution in [0.15, 0.2) is 73.1 Å². The van der Waals surface area contributed by atoms with Gasteiger partial charge in [-0.1, -0.05) is 36.4 Å². The van der Waals surface area contributed by atoms with E-state index in [1.807, 2.05) is 59.5 Å². The average molecular weight is 474 g/mol. The van der Waals surface area contributed by atoms with E-state index in [4.69, 9.17) is 14.2 Å². The molecule has 1 atom stereocenters. The Balaban J connectivity index is 1.25. The summed E-state index contributed by atoms with van der Waals surface area (Å²) >= 11 is 0. The molecule has 0 spiro atoms. The Hall–Kier alpha value is -3.58. The van der Waals surface area contributed by atoms with Gasteiger partial charge in [-0.2, -0.15) is 0 Å². The van der Waals surface area contributed by atoms with Crippen LogP contribution < -0.4 is 14.2 Å². The number of pyridine rings is 1. The first-order valence-corrected chi connectivity index (χ1v) is 12.1. The molecule has 0 unspecified atom stereocenters. The molecule has 2 aliphatic heterocycles. The van der Waals surface area contributed by atoms with Gasteiger partial charge in [0.25, 0.3) is 0 Å². The lowest BCUT2D eigenvalue weighted by atomic mass is 10.1. The first-order chi connectivity index (χ1) is 17.2. The second-order valence-electron chi connectivity index (χ2n) is 9.01. The maximum atomic E-state index is 13.3. The summed E-state index contributed by atoms with van der Waals surface area (Å²) in [5.74, 6) is 2.57. The Labute approximate surface area is 206 Å². The zero-order chi connectivity index (χ0) is 24.0. The SMILES string of the molecule is COc1ccccc1[C@H]1CN(CC(=O)N2CCC(Oc3cccnc3)CC2)Cc2ccccc2O1. The molecule has 1 amide bonds.